The van der Waals surface area contributed by atoms with Crippen LogP contribution in [0.3, 0.4) is 0 Å². The van der Waals surface area contributed by atoms with Crippen molar-refractivity contribution in [2.45, 2.75) is 0 Å². The highest BCUT2D eigenvalue weighted by Crippen LogP contribution is 2.26. The van der Waals surface area contributed by atoms with Crippen LogP contribution < -0.4 is 10.6 Å². The van der Waals surface area contributed by atoms with Crippen LogP contribution in [0.5, 0.6) is 0 Å². The summed E-state index contributed by atoms with van der Waals surface area (Å²) < 4.78 is 5.08. The molecule has 1 aromatic heterocycles. The van der Waals surface area contributed by atoms with Crippen LogP contribution in [-0.4, -0.2) is 30.2 Å². The summed E-state index contributed by atoms with van der Waals surface area (Å²) in [6, 6.07) is 19.4. The van der Waals surface area contributed by atoms with Crippen molar-refractivity contribution in [3.63, 3.8) is 0 Å². The number of hydrogen-bond acceptors (Lipinski definition) is 5. The SMILES string of the molecule is COCCNc1cc(-c2ccccc2)nc(Nc2ccccc2Cl)n1. The first-order chi connectivity index (χ1) is 12.3. The van der Waals surface area contributed by atoms with E-state index in [4.69, 9.17) is 16.3 Å². The number of halogens is 1. The van der Waals surface area contributed by atoms with Crippen molar-refractivity contribution in [1.29, 1.82) is 0 Å². The molecular weight excluding hydrogens is 336 g/mol. The molecule has 0 atom stereocenters. The maximum atomic E-state index is 6.22. The van der Waals surface area contributed by atoms with Gasteiger partial charge in [-0.1, -0.05) is 54.1 Å². The first-order valence-corrected chi connectivity index (χ1v) is 8.33. The third-order valence-electron chi connectivity index (χ3n) is 3.53. The molecule has 5 nitrogen and oxygen atoms in total. The molecule has 1 heterocycles. The molecule has 0 aliphatic carbocycles. The highest BCUT2D eigenvalue weighted by molar-refractivity contribution is 6.33. The molecule has 0 amide bonds. The maximum absolute atomic E-state index is 6.22. The van der Waals surface area contributed by atoms with Gasteiger partial charge in [-0.05, 0) is 12.1 Å². The number of benzene rings is 2. The Kier molecular flexibility index (Phi) is 5.82. The molecule has 2 N–H and O–H groups in total. The van der Waals surface area contributed by atoms with Crippen LogP contribution in [0.4, 0.5) is 17.5 Å². The second kappa shape index (κ2) is 8.46. The zero-order valence-corrected chi connectivity index (χ0v) is 14.6. The highest BCUT2D eigenvalue weighted by atomic mass is 35.5. The van der Waals surface area contributed by atoms with Gasteiger partial charge in [-0.2, -0.15) is 4.98 Å². The van der Waals surface area contributed by atoms with Gasteiger partial charge < -0.3 is 15.4 Å². The number of nitrogens with one attached hydrogen (secondary N) is 2. The molecule has 3 aromatic rings. The number of rotatable bonds is 7. The summed E-state index contributed by atoms with van der Waals surface area (Å²) in [6.07, 6.45) is 0. The van der Waals surface area contributed by atoms with Crippen LogP contribution >= 0.6 is 11.6 Å². The molecule has 25 heavy (non-hydrogen) atoms. The summed E-state index contributed by atoms with van der Waals surface area (Å²) in [4.78, 5) is 9.14. The molecule has 0 spiro atoms. The molecular formula is C19H19ClN4O. The van der Waals surface area contributed by atoms with E-state index in [9.17, 15) is 0 Å². The average molecular weight is 355 g/mol. The Morgan fingerprint density at radius 1 is 1.00 bits per heavy atom. The van der Waals surface area contributed by atoms with E-state index < -0.39 is 0 Å². The Hall–Kier alpha value is -2.63. The number of methoxy groups -OCH3 is 1. The monoisotopic (exact) mass is 354 g/mol. The van der Waals surface area contributed by atoms with E-state index in [2.05, 4.69) is 20.6 Å². The Labute approximate surface area is 152 Å². The average Bonchev–Trinajstić information content (AvgIpc) is 2.64. The first kappa shape index (κ1) is 17.2. The molecule has 0 radical (unpaired) electrons. The standard InChI is InChI=1S/C19H19ClN4O/c1-25-12-11-21-18-13-17(14-7-3-2-4-8-14)23-19(24-18)22-16-10-6-5-9-15(16)20/h2-10,13H,11-12H2,1H3,(H2,21,22,23,24). The van der Waals surface area contributed by atoms with Gasteiger partial charge >= 0.3 is 0 Å². The lowest BCUT2D eigenvalue weighted by Gasteiger charge is -2.12. The lowest BCUT2D eigenvalue weighted by molar-refractivity contribution is 0.210. The van der Waals surface area contributed by atoms with E-state index in [1.165, 1.54) is 0 Å². The van der Waals surface area contributed by atoms with Gasteiger partial charge in [0, 0.05) is 25.3 Å². The zero-order chi connectivity index (χ0) is 17.5. The predicted molar refractivity (Wildman–Crippen MR) is 103 cm³/mol. The van der Waals surface area contributed by atoms with Gasteiger partial charge in [-0.15, -0.1) is 0 Å². The predicted octanol–water partition coefficient (Wildman–Crippen LogP) is 4.60. The molecule has 128 valence electrons. The molecule has 0 unspecified atom stereocenters. The van der Waals surface area contributed by atoms with Crippen LogP contribution in [0.15, 0.2) is 60.7 Å². The van der Waals surface area contributed by atoms with Crippen LogP contribution in [-0.2, 0) is 4.74 Å². The molecule has 0 bridgehead atoms. The van der Waals surface area contributed by atoms with E-state index in [1.54, 1.807) is 7.11 Å². The fourth-order valence-electron chi connectivity index (χ4n) is 2.31. The van der Waals surface area contributed by atoms with E-state index in [0.29, 0.717) is 24.1 Å². The van der Waals surface area contributed by atoms with Gasteiger partial charge in [0.2, 0.25) is 5.95 Å². The van der Waals surface area contributed by atoms with Crippen molar-refractivity contribution in [2.24, 2.45) is 0 Å². The van der Waals surface area contributed by atoms with Crippen molar-refractivity contribution in [1.82, 2.24) is 9.97 Å². The van der Waals surface area contributed by atoms with Crippen molar-refractivity contribution in [3.05, 3.63) is 65.7 Å². The largest absolute Gasteiger partial charge is 0.383 e. The Balaban J connectivity index is 1.93. The molecule has 2 aromatic carbocycles. The van der Waals surface area contributed by atoms with Gasteiger partial charge in [0.05, 0.1) is 23.0 Å². The lowest BCUT2D eigenvalue weighted by Crippen LogP contribution is -2.10. The van der Waals surface area contributed by atoms with Gasteiger partial charge in [0.25, 0.3) is 0 Å². The van der Waals surface area contributed by atoms with Crippen LogP contribution in [0.1, 0.15) is 0 Å². The summed E-state index contributed by atoms with van der Waals surface area (Å²) in [5, 5.41) is 7.05. The van der Waals surface area contributed by atoms with Gasteiger partial charge in [0.15, 0.2) is 0 Å². The quantitative estimate of drug-likeness (QED) is 0.607. The minimum Gasteiger partial charge on any atom is -0.383 e. The van der Waals surface area contributed by atoms with E-state index in [-0.39, 0.29) is 0 Å². The number of nitrogens with zero attached hydrogens (tertiary/aromatic N) is 2. The number of aromatic nitrogens is 2. The number of hydrogen-bond donors (Lipinski definition) is 2. The summed E-state index contributed by atoms with van der Waals surface area (Å²) in [6.45, 7) is 1.26. The summed E-state index contributed by atoms with van der Waals surface area (Å²) in [5.74, 6) is 1.20. The Bertz CT molecular complexity index is 827. The molecule has 0 fully saturated rings. The van der Waals surface area contributed by atoms with Gasteiger partial charge in [-0.3, -0.25) is 0 Å². The fraction of sp³-hybridized carbons (Fsp3) is 0.158. The topological polar surface area (TPSA) is 59.1 Å². The number of ether oxygens (including phenoxy) is 1. The smallest absolute Gasteiger partial charge is 0.229 e. The van der Waals surface area contributed by atoms with E-state index in [1.807, 2.05) is 60.7 Å². The number of anilines is 3. The fourth-order valence-corrected chi connectivity index (χ4v) is 2.50. The van der Waals surface area contributed by atoms with Crippen molar-refractivity contribution >= 4 is 29.1 Å². The first-order valence-electron chi connectivity index (χ1n) is 7.95. The molecule has 0 aliphatic heterocycles. The third-order valence-corrected chi connectivity index (χ3v) is 3.86. The second-order valence-electron chi connectivity index (χ2n) is 5.35. The van der Waals surface area contributed by atoms with Crippen molar-refractivity contribution < 1.29 is 4.74 Å². The summed E-state index contributed by atoms with van der Waals surface area (Å²) in [7, 11) is 1.67. The summed E-state index contributed by atoms with van der Waals surface area (Å²) >= 11 is 6.22. The zero-order valence-electron chi connectivity index (χ0n) is 13.9. The van der Waals surface area contributed by atoms with Crippen LogP contribution in [0.25, 0.3) is 11.3 Å². The Morgan fingerprint density at radius 2 is 1.76 bits per heavy atom. The lowest BCUT2D eigenvalue weighted by atomic mass is 10.1. The van der Waals surface area contributed by atoms with Gasteiger partial charge in [-0.25, -0.2) is 4.98 Å². The normalized spacial score (nSPS) is 10.5. The van der Waals surface area contributed by atoms with Crippen LogP contribution in [0, 0.1) is 0 Å². The maximum Gasteiger partial charge on any atom is 0.229 e. The molecule has 6 heteroatoms. The Morgan fingerprint density at radius 3 is 2.52 bits per heavy atom. The molecule has 0 saturated carbocycles. The third kappa shape index (κ3) is 4.68. The van der Waals surface area contributed by atoms with Crippen molar-refractivity contribution in [2.75, 3.05) is 30.9 Å². The van der Waals surface area contributed by atoms with E-state index in [0.717, 1.165) is 22.8 Å². The van der Waals surface area contributed by atoms with Gasteiger partial charge in [0.1, 0.15) is 5.82 Å². The minimum absolute atomic E-state index is 0.481. The van der Waals surface area contributed by atoms with Crippen LogP contribution in [0.2, 0.25) is 5.02 Å². The number of para-hydroxylation sites is 1. The minimum atomic E-state index is 0.481. The second-order valence-corrected chi connectivity index (χ2v) is 5.76. The molecule has 0 saturated heterocycles. The summed E-state index contributed by atoms with van der Waals surface area (Å²) in [5.41, 5.74) is 2.60. The van der Waals surface area contributed by atoms with E-state index >= 15 is 0 Å². The molecule has 0 aliphatic rings. The highest BCUT2D eigenvalue weighted by Gasteiger charge is 2.08. The molecule has 3 rings (SSSR count). The van der Waals surface area contributed by atoms with Crippen molar-refractivity contribution in [3.8, 4) is 11.3 Å².